The van der Waals surface area contributed by atoms with Crippen LogP contribution in [0.1, 0.15) is 33.6 Å². The largest absolute Gasteiger partial charge is 0.264 e. The molecule has 2 rings (SSSR count). The Hall–Kier alpha value is -1.09. The van der Waals surface area contributed by atoms with Crippen LogP contribution in [0.25, 0.3) is 0 Å². The molecule has 18 heavy (non-hydrogen) atoms. The molecule has 0 saturated heterocycles. The van der Waals surface area contributed by atoms with E-state index in [1.807, 2.05) is 6.92 Å². The monoisotopic (exact) mass is 306 g/mol. The molecule has 96 valence electrons. The number of aryl methyl sites for hydroxylation is 4. The highest BCUT2D eigenvalue weighted by molar-refractivity contribution is 9.10. The maximum Gasteiger partial charge on any atom is 0.0738 e. The molecule has 0 aliphatic heterocycles. The second-order valence-corrected chi connectivity index (χ2v) is 5.81. The smallest absolute Gasteiger partial charge is 0.0738 e. The molecule has 0 aliphatic carbocycles. The van der Waals surface area contributed by atoms with Crippen molar-refractivity contribution < 1.29 is 0 Å². The normalized spacial score (nSPS) is 11.0. The minimum absolute atomic E-state index is 0.843. The zero-order chi connectivity index (χ0) is 13.4. The summed E-state index contributed by atoms with van der Waals surface area (Å²) in [5, 5.41) is 4.58. The zero-order valence-electron chi connectivity index (χ0n) is 11.6. The van der Waals surface area contributed by atoms with Gasteiger partial charge in [-0.05, 0) is 67.2 Å². The van der Waals surface area contributed by atoms with Gasteiger partial charge >= 0.3 is 0 Å². The third-order valence-corrected chi connectivity index (χ3v) is 4.59. The maximum absolute atomic E-state index is 4.58. The third-order valence-electron chi connectivity index (χ3n) is 3.44. The first-order valence-corrected chi connectivity index (χ1v) is 6.95. The van der Waals surface area contributed by atoms with Gasteiger partial charge in [0, 0.05) is 0 Å². The van der Waals surface area contributed by atoms with Crippen LogP contribution in [0.15, 0.2) is 16.6 Å². The Morgan fingerprint density at radius 1 is 1.06 bits per heavy atom. The molecule has 0 bridgehead atoms. The molecule has 0 unspecified atom stereocenters. The van der Waals surface area contributed by atoms with Crippen molar-refractivity contribution in [2.24, 2.45) is 0 Å². The van der Waals surface area contributed by atoms with Crippen molar-refractivity contribution in [3.05, 3.63) is 50.2 Å². The summed E-state index contributed by atoms with van der Waals surface area (Å²) in [5.41, 5.74) is 7.62. The van der Waals surface area contributed by atoms with Crippen molar-refractivity contribution >= 4 is 15.9 Å². The molecule has 2 nitrogen and oxygen atoms in total. The van der Waals surface area contributed by atoms with Gasteiger partial charge in [-0.1, -0.05) is 17.7 Å². The topological polar surface area (TPSA) is 17.8 Å². The van der Waals surface area contributed by atoms with Gasteiger partial charge in [0.05, 0.1) is 22.4 Å². The predicted molar refractivity (Wildman–Crippen MR) is 79.2 cm³/mol. The van der Waals surface area contributed by atoms with Crippen LogP contribution in [0.5, 0.6) is 0 Å². The van der Waals surface area contributed by atoms with Crippen LogP contribution >= 0.6 is 15.9 Å². The summed E-state index contributed by atoms with van der Waals surface area (Å²) in [7, 11) is 0. The van der Waals surface area contributed by atoms with Gasteiger partial charge in [-0.3, -0.25) is 4.68 Å². The van der Waals surface area contributed by atoms with E-state index in [1.54, 1.807) is 0 Å². The van der Waals surface area contributed by atoms with Crippen LogP contribution < -0.4 is 0 Å². The lowest BCUT2D eigenvalue weighted by atomic mass is 10.00. The van der Waals surface area contributed by atoms with Gasteiger partial charge < -0.3 is 0 Å². The SMILES string of the molecule is Cc1cc(C)c(Cn2nc(C)c(Br)c2C)c(C)c1. The molecule has 0 spiro atoms. The van der Waals surface area contributed by atoms with Crippen molar-refractivity contribution in [2.45, 2.75) is 41.2 Å². The molecule has 0 aliphatic rings. The fourth-order valence-electron chi connectivity index (χ4n) is 2.44. The van der Waals surface area contributed by atoms with E-state index in [4.69, 9.17) is 0 Å². The number of rotatable bonds is 2. The molecule has 0 saturated carbocycles. The minimum atomic E-state index is 0.843. The predicted octanol–water partition coefficient (Wildman–Crippen LogP) is 4.24. The third kappa shape index (κ3) is 2.37. The molecule has 2 aromatic rings. The quantitative estimate of drug-likeness (QED) is 0.811. The highest BCUT2D eigenvalue weighted by Crippen LogP contribution is 2.23. The van der Waals surface area contributed by atoms with Crippen LogP contribution in [0.4, 0.5) is 0 Å². The fraction of sp³-hybridized carbons (Fsp3) is 0.400. The van der Waals surface area contributed by atoms with E-state index >= 15 is 0 Å². The molecule has 0 amide bonds. The fourth-order valence-corrected chi connectivity index (χ4v) is 2.72. The van der Waals surface area contributed by atoms with Crippen molar-refractivity contribution in [1.82, 2.24) is 9.78 Å². The van der Waals surface area contributed by atoms with E-state index in [2.05, 4.69) is 65.5 Å². The highest BCUT2D eigenvalue weighted by atomic mass is 79.9. The summed E-state index contributed by atoms with van der Waals surface area (Å²) >= 11 is 3.58. The molecule has 1 aromatic heterocycles. The Balaban J connectivity index is 2.43. The molecule has 0 atom stereocenters. The molecule has 3 heteroatoms. The number of benzene rings is 1. The Labute approximate surface area is 117 Å². The highest BCUT2D eigenvalue weighted by Gasteiger charge is 2.11. The van der Waals surface area contributed by atoms with E-state index in [9.17, 15) is 0 Å². The van der Waals surface area contributed by atoms with Gasteiger partial charge in [0.15, 0.2) is 0 Å². The van der Waals surface area contributed by atoms with E-state index in [0.717, 1.165) is 16.7 Å². The Morgan fingerprint density at radius 2 is 1.61 bits per heavy atom. The van der Waals surface area contributed by atoms with Gasteiger partial charge in [0.2, 0.25) is 0 Å². The molecule has 1 heterocycles. The van der Waals surface area contributed by atoms with Crippen molar-refractivity contribution in [2.75, 3.05) is 0 Å². The van der Waals surface area contributed by atoms with Crippen LogP contribution in [0.2, 0.25) is 0 Å². The first kappa shape index (κ1) is 13.3. The lowest BCUT2D eigenvalue weighted by molar-refractivity contribution is 0.653. The summed E-state index contributed by atoms with van der Waals surface area (Å²) in [6.45, 7) is 11.5. The van der Waals surface area contributed by atoms with Gasteiger partial charge in [-0.15, -0.1) is 0 Å². The number of halogens is 1. The van der Waals surface area contributed by atoms with Crippen molar-refractivity contribution in [3.63, 3.8) is 0 Å². The average molecular weight is 307 g/mol. The summed E-state index contributed by atoms with van der Waals surface area (Å²) < 4.78 is 3.19. The molecule has 0 fully saturated rings. The lowest BCUT2D eigenvalue weighted by Crippen LogP contribution is -2.07. The average Bonchev–Trinajstić information content (AvgIpc) is 2.51. The zero-order valence-corrected chi connectivity index (χ0v) is 13.2. The van der Waals surface area contributed by atoms with Crippen LogP contribution in [-0.4, -0.2) is 9.78 Å². The Morgan fingerprint density at radius 3 is 2.06 bits per heavy atom. The van der Waals surface area contributed by atoms with Crippen molar-refractivity contribution in [3.8, 4) is 0 Å². The van der Waals surface area contributed by atoms with E-state index < -0.39 is 0 Å². The standard InChI is InChI=1S/C15H19BrN2/c1-9-6-10(2)14(11(3)7-9)8-18-13(5)15(16)12(4)17-18/h6-7H,8H2,1-5H3. The number of nitrogens with zero attached hydrogens (tertiary/aromatic N) is 2. The van der Waals surface area contributed by atoms with Gasteiger partial charge in [0.25, 0.3) is 0 Å². The summed E-state index contributed by atoms with van der Waals surface area (Å²) in [6, 6.07) is 4.48. The molecule has 0 N–H and O–H groups in total. The minimum Gasteiger partial charge on any atom is -0.264 e. The number of hydrogen-bond donors (Lipinski definition) is 0. The van der Waals surface area contributed by atoms with Gasteiger partial charge in [-0.2, -0.15) is 5.10 Å². The molecular formula is C15H19BrN2. The second-order valence-electron chi connectivity index (χ2n) is 5.02. The van der Waals surface area contributed by atoms with Gasteiger partial charge in [-0.25, -0.2) is 0 Å². The first-order chi connectivity index (χ1) is 8.40. The summed E-state index contributed by atoms with van der Waals surface area (Å²) in [5.74, 6) is 0. The summed E-state index contributed by atoms with van der Waals surface area (Å²) in [6.07, 6.45) is 0. The maximum atomic E-state index is 4.58. The van der Waals surface area contributed by atoms with Crippen molar-refractivity contribution in [1.29, 1.82) is 0 Å². The van der Waals surface area contributed by atoms with Crippen LogP contribution in [0.3, 0.4) is 0 Å². The number of aromatic nitrogens is 2. The summed E-state index contributed by atoms with van der Waals surface area (Å²) in [4.78, 5) is 0. The Kier molecular flexibility index (Phi) is 3.62. The Bertz CT molecular complexity index is 574. The number of hydrogen-bond acceptors (Lipinski definition) is 1. The first-order valence-electron chi connectivity index (χ1n) is 6.16. The van der Waals surface area contributed by atoms with E-state index in [1.165, 1.54) is 27.9 Å². The van der Waals surface area contributed by atoms with Crippen LogP contribution in [0, 0.1) is 34.6 Å². The van der Waals surface area contributed by atoms with Gasteiger partial charge in [0.1, 0.15) is 0 Å². The van der Waals surface area contributed by atoms with E-state index in [-0.39, 0.29) is 0 Å². The lowest BCUT2D eigenvalue weighted by Gasteiger charge is -2.12. The molecule has 1 aromatic carbocycles. The molecule has 0 radical (unpaired) electrons. The molecular weight excluding hydrogens is 288 g/mol. The van der Waals surface area contributed by atoms with E-state index in [0.29, 0.717) is 0 Å². The second kappa shape index (κ2) is 4.88. The van der Waals surface area contributed by atoms with Crippen LogP contribution in [-0.2, 0) is 6.54 Å².